The van der Waals surface area contributed by atoms with Crippen LogP contribution in [0.1, 0.15) is 11.1 Å². The maximum absolute atomic E-state index is 12.6. The molecule has 4 rings (SSSR count). The molecule has 0 saturated carbocycles. The molecule has 6 nitrogen and oxygen atoms in total. The number of halogens is 1. The van der Waals surface area contributed by atoms with Crippen LogP contribution in [0.15, 0.2) is 54.6 Å². The van der Waals surface area contributed by atoms with Gasteiger partial charge in [-0.05, 0) is 49.2 Å². The second-order valence-electron chi connectivity index (χ2n) is 7.48. The standard InChI is InChI=1S/C23H24ClN5O/c1-16-7-8-19(24)21(15-16)25-23(30)29-13-11-28(12-14-29)22-10-9-20(26-27-22)18-6-4-3-5-17(18)2/h3-10,15H,11-14H2,1-2H3,(H,25,30). The summed E-state index contributed by atoms with van der Waals surface area (Å²) in [5, 5.41) is 12.3. The molecule has 1 aliphatic rings. The monoisotopic (exact) mass is 421 g/mol. The summed E-state index contributed by atoms with van der Waals surface area (Å²) in [6.07, 6.45) is 0. The lowest BCUT2D eigenvalue weighted by Gasteiger charge is -2.35. The molecule has 30 heavy (non-hydrogen) atoms. The van der Waals surface area contributed by atoms with E-state index in [9.17, 15) is 4.79 Å². The molecule has 0 atom stereocenters. The highest BCUT2D eigenvalue weighted by molar-refractivity contribution is 6.33. The quantitative estimate of drug-likeness (QED) is 0.661. The van der Waals surface area contributed by atoms with Crippen LogP contribution in [0.3, 0.4) is 0 Å². The van der Waals surface area contributed by atoms with Crippen LogP contribution in [-0.2, 0) is 0 Å². The summed E-state index contributed by atoms with van der Waals surface area (Å²) in [7, 11) is 0. The van der Waals surface area contributed by atoms with E-state index in [1.165, 1.54) is 5.56 Å². The van der Waals surface area contributed by atoms with Crippen LogP contribution in [0.2, 0.25) is 5.02 Å². The molecule has 0 bridgehead atoms. The second kappa shape index (κ2) is 8.71. The van der Waals surface area contributed by atoms with Gasteiger partial charge in [0.25, 0.3) is 0 Å². The lowest BCUT2D eigenvalue weighted by Crippen LogP contribution is -2.50. The summed E-state index contributed by atoms with van der Waals surface area (Å²) in [5.74, 6) is 0.828. The number of nitrogens with one attached hydrogen (secondary N) is 1. The Labute approximate surface area is 181 Å². The fourth-order valence-corrected chi connectivity index (χ4v) is 3.73. The molecule has 1 saturated heterocycles. The molecule has 7 heteroatoms. The topological polar surface area (TPSA) is 61.4 Å². The maximum atomic E-state index is 12.6. The van der Waals surface area contributed by atoms with E-state index in [0.717, 1.165) is 22.6 Å². The number of rotatable bonds is 3. The highest BCUT2D eigenvalue weighted by Crippen LogP contribution is 2.24. The molecule has 0 aliphatic carbocycles. The van der Waals surface area contributed by atoms with Gasteiger partial charge in [-0.1, -0.05) is 41.9 Å². The Balaban J connectivity index is 1.37. The highest BCUT2D eigenvalue weighted by atomic mass is 35.5. The van der Waals surface area contributed by atoms with Gasteiger partial charge in [-0.15, -0.1) is 10.2 Å². The number of carbonyl (C=O) groups excluding carboxylic acids is 1. The third-order valence-electron chi connectivity index (χ3n) is 5.33. The number of hydrogen-bond donors (Lipinski definition) is 1. The van der Waals surface area contributed by atoms with Crippen molar-refractivity contribution in [2.45, 2.75) is 13.8 Å². The number of urea groups is 1. The Morgan fingerprint density at radius 3 is 2.43 bits per heavy atom. The smallest absolute Gasteiger partial charge is 0.322 e. The molecule has 2 amide bonds. The van der Waals surface area contributed by atoms with Gasteiger partial charge in [0.05, 0.1) is 16.4 Å². The zero-order chi connectivity index (χ0) is 21.1. The molecule has 2 aromatic carbocycles. The van der Waals surface area contributed by atoms with Crippen molar-refractivity contribution in [2.24, 2.45) is 0 Å². The molecule has 1 aliphatic heterocycles. The van der Waals surface area contributed by atoms with Crippen LogP contribution in [0, 0.1) is 13.8 Å². The van der Waals surface area contributed by atoms with Crippen molar-refractivity contribution >= 4 is 29.1 Å². The Kier molecular flexibility index (Phi) is 5.86. The number of hydrogen-bond acceptors (Lipinski definition) is 4. The fraction of sp³-hybridized carbons (Fsp3) is 0.261. The first kappa shape index (κ1) is 20.2. The highest BCUT2D eigenvalue weighted by Gasteiger charge is 2.22. The average molecular weight is 422 g/mol. The zero-order valence-electron chi connectivity index (χ0n) is 17.1. The van der Waals surface area contributed by atoms with Gasteiger partial charge in [0.1, 0.15) is 0 Å². The van der Waals surface area contributed by atoms with Crippen LogP contribution in [0.25, 0.3) is 11.3 Å². The number of aromatic nitrogens is 2. The first-order chi connectivity index (χ1) is 14.5. The second-order valence-corrected chi connectivity index (χ2v) is 7.89. The zero-order valence-corrected chi connectivity index (χ0v) is 17.9. The molecule has 3 aromatic rings. The van der Waals surface area contributed by atoms with Crippen molar-refractivity contribution in [2.75, 3.05) is 36.4 Å². The van der Waals surface area contributed by atoms with Crippen molar-refractivity contribution in [1.29, 1.82) is 0 Å². The minimum absolute atomic E-state index is 0.136. The minimum Gasteiger partial charge on any atom is -0.352 e. The van der Waals surface area contributed by atoms with Crippen molar-refractivity contribution in [1.82, 2.24) is 15.1 Å². The Hall–Kier alpha value is -3.12. The van der Waals surface area contributed by atoms with Crippen LogP contribution in [-0.4, -0.2) is 47.3 Å². The van der Waals surface area contributed by atoms with Crippen molar-refractivity contribution in [3.63, 3.8) is 0 Å². The summed E-state index contributed by atoms with van der Waals surface area (Å²) >= 11 is 6.19. The number of carbonyl (C=O) groups is 1. The van der Waals surface area contributed by atoms with E-state index in [1.807, 2.05) is 43.3 Å². The fourth-order valence-electron chi connectivity index (χ4n) is 3.57. The molecule has 0 unspecified atom stereocenters. The first-order valence-electron chi connectivity index (χ1n) is 9.98. The third-order valence-corrected chi connectivity index (χ3v) is 5.66. The first-order valence-corrected chi connectivity index (χ1v) is 10.4. The molecular weight excluding hydrogens is 398 g/mol. The van der Waals surface area contributed by atoms with Gasteiger partial charge < -0.3 is 15.1 Å². The van der Waals surface area contributed by atoms with Gasteiger partial charge in [-0.3, -0.25) is 0 Å². The largest absolute Gasteiger partial charge is 0.352 e. The predicted octanol–water partition coefficient (Wildman–Crippen LogP) is 4.77. The summed E-state index contributed by atoms with van der Waals surface area (Å²) in [6, 6.07) is 17.6. The van der Waals surface area contributed by atoms with E-state index in [2.05, 4.69) is 39.5 Å². The third kappa shape index (κ3) is 4.39. The number of anilines is 2. The maximum Gasteiger partial charge on any atom is 0.322 e. The SMILES string of the molecule is Cc1ccc(Cl)c(NC(=O)N2CCN(c3ccc(-c4ccccc4C)nn3)CC2)c1. The molecule has 0 spiro atoms. The summed E-state index contributed by atoms with van der Waals surface area (Å²) in [4.78, 5) is 16.6. The lowest BCUT2D eigenvalue weighted by atomic mass is 10.1. The number of amides is 2. The predicted molar refractivity (Wildman–Crippen MR) is 121 cm³/mol. The molecule has 0 radical (unpaired) electrons. The van der Waals surface area contributed by atoms with Crippen LogP contribution in [0.5, 0.6) is 0 Å². The number of nitrogens with zero attached hydrogens (tertiary/aromatic N) is 4. The van der Waals surface area contributed by atoms with Crippen LogP contribution in [0.4, 0.5) is 16.3 Å². The number of aryl methyl sites for hydroxylation is 2. The van der Waals surface area contributed by atoms with Crippen LogP contribution >= 0.6 is 11.6 Å². The van der Waals surface area contributed by atoms with Crippen molar-refractivity contribution in [3.8, 4) is 11.3 Å². The van der Waals surface area contributed by atoms with Gasteiger partial charge in [-0.2, -0.15) is 0 Å². The minimum atomic E-state index is -0.136. The van der Waals surface area contributed by atoms with E-state index in [0.29, 0.717) is 36.9 Å². The van der Waals surface area contributed by atoms with Gasteiger partial charge in [0.2, 0.25) is 0 Å². The summed E-state index contributed by atoms with van der Waals surface area (Å²) in [6.45, 7) is 6.66. The molecular formula is C23H24ClN5O. The average Bonchev–Trinajstić information content (AvgIpc) is 2.77. The Bertz CT molecular complexity index is 1050. The molecule has 2 heterocycles. The van der Waals surface area contributed by atoms with Gasteiger partial charge >= 0.3 is 6.03 Å². The van der Waals surface area contributed by atoms with E-state index in [4.69, 9.17) is 11.6 Å². The Morgan fingerprint density at radius 1 is 0.967 bits per heavy atom. The van der Waals surface area contributed by atoms with E-state index in [-0.39, 0.29) is 6.03 Å². The lowest BCUT2D eigenvalue weighted by molar-refractivity contribution is 0.208. The summed E-state index contributed by atoms with van der Waals surface area (Å²) in [5.41, 5.74) is 4.82. The summed E-state index contributed by atoms with van der Waals surface area (Å²) < 4.78 is 0. The number of piperazine rings is 1. The van der Waals surface area contributed by atoms with E-state index in [1.54, 1.807) is 11.0 Å². The number of benzene rings is 2. The molecule has 154 valence electrons. The molecule has 1 N–H and O–H groups in total. The van der Waals surface area contributed by atoms with Gasteiger partial charge in [0.15, 0.2) is 5.82 Å². The Morgan fingerprint density at radius 2 is 1.73 bits per heavy atom. The van der Waals surface area contributed by atoms with Gasteiger partial charge in [0, 0.05) is 31.7 Å². The van der Waals surface area contributed by atoms with E-state index >= 15 is 0 Å². The molecule has 1 aromatic heterocycles. The van der Waals surface area contributed by atoms with E-state index < -0.39 is 0 Å². The van der Waals surface area contributed by atoms with Crippen molar-refractivity contribution in [3.05, 3.63) is 70.7 Å². The van der Waals surface area contributed by atoms with Crippen molar-refractivity contribution < 1.29 is 4.79 Å². The van der Waals surface area contributed by atoms with Gasteiger partial charge in [-0.25, -0.2) is 4.79 Å². The molecule has 1 fully saturated rings. The normalized spacial score (nSPS) is 14.0. The van der Waals surface area contributed by atoms with Crippen LogP contribution < -0.4 is 10.2 Å².